The smallest absolute Gasteiger partial charge is 0.278 e. The summed E-state index contributed by atoms with van der Waals surface area (Å²) in [6, 6.07) is 13.2. The molecular weight excluding hydrogens is 344 g/mol. The molecule has 0 spiro atoms. The molecule has 0 saturated heterocycles. The highest BCUT2D eigenvalue weighted by Crippen LogP contribution is 2.29. The molecule has 2 aromatic carbocycles. The van der Waals surface area contributed by atoms with Gasteiger partial charge in [0.15, 0.2) is 5.69 Å². The molecule has 3 aromatic rings. The van der Waals surface area contributed by atoms with Crippen LogP contribution in [0, 0.1) is 6.92 Å². The van der Waals surface area contributed by atoms with Gasteiger partial charge in [-0.1, -0.05) is 24.3 Å². The van der Waals surface area contributed by atoms with E-state index in [1.165, 1.54) is 12.7 Å². The summed E-state index contributed by atoms with van der Waals surface area (Å²) in [7, 11) is 3.10. The first-order valence-electron chi connectivity index (χ1n) is 8.62. The van der Waals surface area contributed by atoms with E-state index in [1.807, 2.05) is 31.2 Å². The Morgan fingerprint density at radius 1 is 1.11 bits per heavy atom. The van der Waals surface area contributed by atoms with Crippen molar-refractivity contribution in [2.24, 2.45) is 0 Å². The normalized spacial score (nSPS) is 10.5. The van der Waals surface area contributed by atoms with Crippen molar-refractivity contribution in [2.45, 2.75) is 20.3 Å². The average Bonchev–Trinajstić information content (AvgIpc) is 3.09. The molecule has 7 nitrogen and oxygen atoms in total. The van der Waals surface area contributed by atoms with E-state index in [4.69, 9.17) is 9.47 Å². The first kappa shape index (κ1) is 18.4. The van der Waals surface area contributed by atoms with Crippen LogP contribution < -0.4 is 14.8 Å². The summed E-state index contributed by atoms with van der Waals surface area (Å²) < 4.78 is 12.1. The van der Waals surface area contributed by atoms with Gasteiger partial charge in [0, 0.05) is 6.07 Å². The Hall–Kier alpha value is -3.35. The predicted octanol–water partition coefficient (Wildman–Crippen LogP) is 3.41. The summed E-state index contributed by atoms with van der Waals surface area (Å²) in [4.78, 5) is 12.7. The third-order valence-corrected chi connectivity index (χ3v) is 4.36. The molecule has 0 aliphatic carbocycles. The number of hydrogen-bond donors (Lipinski definition) is 1. The number of rotatable bonds is 6. The highest BCUT2D eigenvalue weighted by molar-refractivity contribution is 6.04. The molecule has 0 atom stereocenters. The molecule has 0 saturated carbocycles. The zero-order valence-electron chi connectivity index (χ0n) is 15.8. The van der Waals surface area contributed by atoms with Crippen molar-refractivity contribution in [3.63, 3.8) is 0 Å². The van der Waals surface area contributed by atoms with Gasteiger partial charge in [0.1, 0.15) is 11.5 Å². The fourth-order valence-corrected chi connectivity index (χ4v) is 2.74. The maximum Gasteiger partial charge on any atom is 0.278 e. The van der Waals surface area contributed by atoms with Crippen molar-refractivity contribution in [1.82, 2.24) is 15.0 Å². The molecule has 1 aromatic heterocycles. The zero-order chi connectivity index (χ0) is 19.4. The fourth-order valence-electron chi connectivity index (χ4n) is 2.74. The monoisotopic (exact) mass is 366 g/mol. The number of anilines is 1. The number of amides is 1. The standard InChI is InChI=1S/C20H22N4O3/c1-5-14-6-8-15(9-7-14)24-13(2)19(22-23-24)20(25)21-17-11-10-16(26-3)12-18(17)27-4/h6-12H,5H2,1-4H3,(H,21,25). The molecule has 0 aliphatic rings. The maximum atomic E-state index is 12.7. The summed E-state index contributed by atoms with van der Waals surface area (Å²) in [5.41, 5.74) is 3.54. The van der Waals surface area contributed by atoms with Crippen LogP contribution in [0.4, 0.5) is 5.69 Å². The summed E-state index contributed by atoms with van der Waals surface area (Å²) in [6.07, 6.45) is 0.966. The van der Waals surface area contributed by atoms with Crippen molar-refractivity contribution >= 4 is 11.6 Å². The summed E-state index contributed by atoms with van der Waals surface area (Å²) in [6.45, 7) is 3.92. The van der Waals surface area contributed by atoms with E-state index in [0.717, 1.165) is 12.1 Å². The van der Waals surface area contributed by atoms with Crippen molar-refractivity contribution in [3.05, 3.63) is 59.4 Å². The van der Waals surface area contributed by atoms with E-state index in [2.05, 4.69) is 22.6 Å². The lowest BCUT2D eigenvalue weighted by molar-refractivity contribution is 0.102. The highest BCUT2D eigenvalue weighted by Gasteiger charge is 2.19. The average molecular weight is 366 g/mol. The van der Waals surface area contributed by atoms with Gasteiger partial charge in [0.2, 0.25) is 0 Å². The van der Waals surface area contributed by atoms with Crippen molar-refractivity contribution in [2.75, 3.05) is 19.5 Å². The number of ether oxygens (including phenoxy) is 2. The van der Waals surface area contributed by atoms with Crippen LogP contribution in [0.5, 0.6) is 11.5 Å². The molecular formula is C20H22N4O3. The van der Waals surface area contributed by atoms with Crippen LogP contribution in [0.3, 0.4) is 0 Å². The number of carbonyl (C=O) groups excluding carboxylic acids is 1. The van der Waals surface area contributed by atoms with Crippen LogP contribution in [0.25, 0.3) is 5.69 Å². The quantitative estimate of drug-likeness (QED) is 0.723. The van der Waals surface area contributed by atoms with Crippen molar-refractivity contribution in [3.8, 4) is 17.2 Å². The molecule has 1 heterocycles. The molecule has 0 aliphatic heterocycles. The van der Waals surface area contributed by atoms with Crippen LogP contribution in [0.1, 0.15) is 28.7 Å². The Morgan fingerprint density at radius 3 is 2.48 bits per heavy atom. The molecule has 0 unspecified atom stereocenters. The Morgan fingerprint density at radius 2 is 1.85 bits per heavy atom. The molecule has 0 bridgehead atoms. The van der Waals surface area contributed by atoms with E-state index < -0.39 is 0 Å². The van der Waals surface area contributed by atoms with Crippen LogP contribution in [0.2, 0.25) is 0 Å². The molecule has 7 heteroatoms. The van der Waals surface area contributed by atoms with E-state index in [-0.39, 0.29) is 11.6 Å². The summed E-state index contributed by atoms with van der Waals surface area (Å²) in [5, 5.41) is 11.0. The maximum absolute atomic E-state index is 12.7. The van der Waals surface area contributed by atoms with E-state index >= 15 is 0 Å². The summed E-state index contributed by atoms with van der Waals surface area (Å²) >= 11 is 0. The van der Waals surface area contributed by atoms with Gasteiger partial charge in [0.05, 0.1) is 31.3 Å². The van der Waals surface area contributed by atoms with E-state index in [0.29, 0.717) is 22.9 Å². The molecule has 3 rings (SSSR count). The van der Waals surface area contributed by atoms with Gasteiger partial charge in [-0.05, 0) is 43.2 Å². The second kappa shape index (κ2) is 7.90. The third kappa shape index (κ3) is 3.76. The molecule has 0 fully saturated rings. The second-order valence-corrected chi connectivity index (χ2v) is 5.98. The number of nitrogens with zero attached hydrogens (tertiary/aromatic N) is 3. The highest BCUT2D eigenvalue weighted by atomic mass is 16.5. The number of carbonyl (C=O) groups is 1. The minimum Gasteiger partial charge on any atom is -0.497 e. The van der Waals surface area contributed by atoms with Crippen molar-refractivity contribution < 1.29 is 14.3 Å². The molecule has 27 heavy (non-hydrogen) atoms. The van der Waals surface area contributed by atoms with Crippen LogP contribution in [0.15, 0.2) is 42.5 Å². The van der Waals surface area contributed by atoms with E-state index in [1.54, 1.807) is 30.0 Å². The third-order valence-electron chi connectivity index (χ3n) is 4.36. The minimum absolute atomic E-state index is 0.257. The lowest BCUT2D eigenvalue weighted by Gasteiger charge is -2.11. The first-order chi connectivity index (χ1) is 13.1. The summed E-state index contributed by atoms with van der Waals surface area (Å²) in [5.74, 6) is 0.790. The molecule has 0 radical (unpaired) electrons. The van der Waals surface area contributed by atoms with Crippen molar-refractivity contribution in [1.29, 1.82) is 0 Å². The minimum atomic E-state index is -0.354. The van der Waals surface area contributed by atoms with Gasteiger partial charge < -0.3 is 14.8 Å². The fraction of sp³-hybridized carbons (Fsp3) is 0.250. The van der Waals surface area contributed by atoms with Gasteiger partial charge >= 0.3 is 0 Å². The van der Waals surface area contributed by atoms with Crippen LogP contribution >= 0.6 is 0 Å². The SMILES string of the molecule is CCc1ccc(-n2nnc(C(=O)Nc3ccc(OC)cc3OC)c2C)cc1. The largest absolute Gasteiger partial charge is 0.497 e. The lowest BCUT2D eigenvalue weighted by Crippen LogP contribution is -2.15. The van der Waals surface area contributed by atoms with Gasteiger partial charge in [-0.2, -0.15) is 0 Å². The molecule has 1 N–H and O–H groups in total. The Balaban J connectivity index is 1.85. The van der Waals surface area contributed by atoms with Gasteiger partial charge in [0.25, 0.3) is 5.91 Å². The number of aromatic nitrogens is 3. The zero-order valence-corrected chi connectivity index (χ0v) is 15.8. The second-order valence-electron chi connectivity index (χ2n) is 5.98. The Kier molecular flexibility index (Phi) is 5.40. The van der Waals surface area contributed by atoms with Gasteiger partial charge in [-0.3, -0.25) is 4.79 Å². The number of benzene rings is 2. The topological polar surface area (TPSA) is 78.3 Å². The molecule has 1 amide bonds. The Labute approximate surface area is 157 Å². The number of aryl methyl sites for hydroxylation is 1. The number of hydrogen-bond acceptors (Lipinski definition) is 5. The van der Waals surface area contributed by atoms with E-state index in [9.17, 15) is 4.79 Å². The number of methoxy groups -OCH3 is 2. The van der Waals surface area contributed by atoms with Gasteiger partial charge in [-0.25, -0.2) is 4.68 Å². The van der Waals surface area contributed by atoms with Crippen LogP contribution in [-0.2, 0) is 6.42 Å². The van der Waals surface area contributed by atoms with Gasteiger partial charge in [-0.15, -0.1) is 5.10 Å². The molecule has 140 valence electrons. The predicted molar refractivity (Wildman–Crippen MR) is 103 cm³/mol. The lowest BCUT2D eigenvalue weighted by atomic mass is 10.1. The number of nitrogens with one attached hydrogen (secondary N) is 1. The van der Waals surface area contributed by atoms with Crippen LogP contribution in [-0.4, -0.2) is 35.1 Å². The first-order valence-corrected chi connectivity index (χ1v) is 8.62. The Bertz CT molecular complexity index is 948.